The molecule has 4 heteroatoms. The van der Waals surface area contributed by atoms with Crippen LogP contribution in [0.1, 0.15) is 25.7 Å². The summed E-state index contributed by atoms with van der Waals surface area (Å²) in [4.78, 5) is 32.5. The quantitative estimate of drug-likeness (QED) is 0.757. The number of ketones is 2. The van der Waals surface area contributed by atoms with Crippen LogP contribution < -0.4 is 0 Å². The number of nitrogens with zero attached hydrogens (tertiary/aromatic N) is 2. The van der Waals surface area contributed by atoms with Crippen LogP contribution in [0.3, 0.4) is 0 Å². The molecule has 0 amide bonds. The molecule has 3 rings (SSSR count). The summed E-state index contributed by atoms with van der Waals surface area (Å²) >= 11 is 0. The Morgan fingerprint density at radius 2 is 1.72 bits per heavy atom. The maximum atomic E-state index is 12.2. The first-order valence-corrected chi connectivity index (χ1v) is 6.35. The zero-order chi connectivity index (χ0) is 12.5. The van der Waals surface area contributed by atoms with E-state index in [1.54, 1.807) is 24.4 Å². The van der Waals surface area contributed by atoms with Crippen LogP contribution in [0.5, 0.6) is 0 Å². The Bertz CT molecular complexity index is 496. The minimum Gasteiger partial charge on any atom is -0.292 e. The summed E-state index contributed by atoms with van der Waals surface area (Å²) < 4.78 is 0. The van der Waals surface area contributed by atoms with Crippen LogP contribution in [-0.2, 0) is 9.59 Å². The Balaban J connectivity index is 1.95. The number of carbonyl (C=O) groups excluding carboxylic acids is 2. The van der Waals surface area contributed by atoms with E-state index < -0.39 is 0 Å². The lowest BCUT2D eigenvalue weighted by Gasteiger charge is -2.20. The highest BCUT2D eigenvalue weighted by Gasteiger charge is 2.47. The first-order chi connectivity index (χ1) is 8.77. The Labute approximate surface area is 105 Å². The Kier molecular flexibility index (Phi) is 2.78. The molecule has 2 saturated carbocycles. The number of aromatic nitrogens is 1. The third kappa shape index (κ3) is 1.78. The molecule has 2 fully saturated rings. The Hall–Kier alpha value is -1.84. The molecular formula is C14H14N2O2. The molecule has 0 saturated heterocycles. The van der Waals surface area contributed by atoms with Gasteiger partial charge < -0.3 is 0 Å². The number of Topliss-reactive ketones (excluding diaryl/α,β-unsaturated/α-hetero) is 2. The Morgan fingerprint density at radius 3 is 2.28 bits per heavy atom. The number of hydrogen-bond acceptors (Lipinski definition) is 4. The SMILES string of the molecule is O=C1C(=Nc2ccccn2)C(=O)C2CCCCC12. The maximum absolute atomic E-state index is 12.2. The monoisotopic (exact) mass is 242 g/mol. The third-order valence-electron chi connectivity index (χ3n) is 3.78. The van der Waals surface area contributed by atoms with Crippen LogP contribution in [0.4, 0.5) is 5.82 Å². The molecule has 2 aliphatic carbocycles. The van der Waals surface area contributed by atoms with Gasteiger partial charge in [0.25, 0.3) is 0 Å². The molecule has 0 bridgehead atoms. The first kappa shape index (κ1) is 11.3. The van der Waals surface area contributed by atoms with Gasteiger partial charge in [-0.15, -0.1) is 0 Å². The fourth-order valence-corrected chi connectivity index (χ4v) is 2.88. The molecule has 18 heavy (non-hydrogen) atoms. The molecule has 1 aromatic rings. The van der Waals surface area contributed by atoms with E-state index in [4.69, 9.17) is 0 Å². The van der Waals surface area contributed by atoms with Crippen molar-refractivity contribution in [3.8, 4) is 0 Å². The van der Waals surface area contributed by atoms with Gasteiger partial charge in [0.2, 0.25) is 0 Å². The van der Waals surface area contributed by atoms with Crippen molar-refractivity contribution in [3.05, 3.63) is 24.4 Å². The van der Waals surface area contributed by atoms with E-state index in [9.17, 15) is 9.59 Å². The van der Waals surface area contributed by atoms with Crippen molar-refractivity contribution >= 4 is 23.1 Å². The van der Waals surface area contributed by atoms with Crippen molar-refractivity contribution in [2.75, 3.05) is 0 Å². The van der Waals surface area contributed by atoms with Gasteiger partial charge in [0.15, 0.2) is 23.1 Å². The number of hydrogen-bond donors (Lipinski definition) is 0. The van der Waals surface area contributed by atoms with Gasteiger partial charge in [-0.3, -0.25) is 9.59 Å². The maximum Gasteiger partial charge on any atom is 0.188 e. The fourth-order valence-electron chi connectivity index (χ4n) is 2.88. The fraction of sp³-hybridized carbons (Fsp3) is 0.429. The predicted molar refractivity (Wildman–Crippen MR) is 66.8 cm³/mol. The summed E-state index contributed by atoms with van der Waals surface area (Å²) in [5.74, 6) is 0.0565. The Morgan fingerprint density at radius 1 is 1.06 bits per heavy atom. The molecule has 92 valence electrons. The second-order valence-corrected chi connectivity index (χ2v) is 4.87. The van der Waals surface area contributed by atoms with Gasteiger partial charge in [-0.05, 0) is 25.0 Å². The van der Waals surface area contributed by atoms with Gasteiger partial charge in [-0.2, -0.15) is 0 Å². The van der Waals surface area contributed by atoms with E-state index in [1.807, 2.05) is 0 Å². The summed E-state index contributed by atoms with van der Waals surface area (Å²) in [6, 6.07) is 5.28. The first-order valence-electron chi connectivity index (χ1n) is 6.35. The number of carbonyl (C=O) groups is 2. The molecule has 4 nitrogen and oxygen atoms in total. The lowest BCUT2D eigenvalue weighted by atomic mass is 9.81. The van der Waals surface area contributed by atoms with Crippen LogP contribution in [0.15, 0.2) is 29.4 Å². The number of fused-ring (bicyclic) bond motifs is 1. The lowest BCUT2D eigenvalue weighted by molar-refractivity contribution is -0.120. The van der Waals surface area contributed by atoms with Crippen LogP contribution in [0.2, 0.25) is 0 Å². The zero-order valence-electron chi connectivity index (χ0n) is 10.0. The van der Waals surface area contributed by atoms with Gasteiger partial charge in [0.1, 0.15) is 0 Å². The molecule has 0 spiro atoms. The highest BCUT2D eigenvalue weighted by atomic mass is 16.2. The molecule has 2 unspecified atom stereocenters. The molecule has 1 aromatic heterocycles. The topological polar surface area (TPSA) is 59.4 Å². The van der Waals surface area contributed by atoms with Gasteiger partial charge >= 0.3 is 0 Å². The molecule has 0 aliphatic heterocycles. The van der Waals surface area contributed by atoms with Crippen molar-refractivity contribution in [3.63, 3.8) is 0 Å². The largest absolute Gasteiger partial charge is 0.292 e. The van der Waals surface area contributed by atoms with Crippen molar-refractivity contribution in [1.29, 1.82) is 0 Å². The zero-order valence-corrected chi connectivity index (χ0v) is 10.0. The molecule has 1 heterocycles. The van der Waals surface area contributed by atoms with Crippen LogP contribution >= 0.6 is 0 Å². The minimum absolute atomic E-state index is 0.0737. The molecule has 2 aliphatic rings. The van der Waals surface area contributed by atoms with E-state index in [1.165, 1.54) is 0 Å². The van der Waals surface area contributed by atoms with Gasteiger partial charge in [-0.1, -0.05) is 18.9 Å². The number of pyridine rings is 1. The summed E-state index contributed by atoms with van der Waals surface area (Å²) in [5.41, 5.74) is 0.116. The van der Waals surface area contributed by atoms with Crippen LogP contribution in [-0.4, -0.2) is 22.3 Å². The van der Waals surface area contributed by atoms with Gasteiger partial charge in [0.05, 0.1) is 0 Å². The highest BCUT2D eigenvalue weighted by molar-refractivity contribution is 6.70. The van der Waals surface area contributed by atoms with Gasteiger partial charge in [-0.25, -0.2) is 9.98 Å². The van der Waals surface area contributed by atoms with E-state index in [-0.39, 0.29) is 29.1 Å². The number of rotatable bonds is 1. The standard InChI is InChI=1S/C14H14N2O2/c17-13-9-5-1-2-6-10(9)14(18)12(13)16-11-7-3-4-8-15-11/h3-4,7-10H,1-2,5-6H2. The molecular weight excluding hydrogens is 228 g/mol. The molecule has 0 aromatic carbocycles. The summed E-state index contributed by atoms with van der Waals surface area (Å²) in [7, 11) is 0. The average molecular weight is 242 g/mol. The summed E-state index contributed by atoms with van der Waals surface area (Å²) in [6.07, 6.45) is 5.34. The summed E-state index contributed by atoms with van der Waals surface area (Å²) in [6.45, 7) is 0. The van der Waals surface area contributed by atoms with Crippen LogP contribution in [0.25, 0.3) is 0 Å². The normalized spacial score (nSPS) is 27.2. The second-order valence-electron chi connectivity index (χ2n) is 4.87. The third-order valence-corrected chi connectivity index (χ3v) is 3.78. The van der Waals surface area contributed by atoms with Crippen molar-refractivity contribution in [1.82, 2.24) is 4.98 Å². The van der Waals surface area contributed by atoms with Crippen molar-refractivity contribution < 1.29 is 9.59 Å². The highest BCUT2D eigenvalue weighted by Crippen LogP contribution is 2.37. The average Bonchev–Trinajstić information content (AvgIpc) is 2.66. The smallest absolute Gasteiger partial charge is 0.188 e. The van der Waals surface area contributed by atoms with E-state index in [2.05, 4.69) is 9.98 Å². The van der Waals surface area contributed by atoms with Crippen molar-refractivity contribution in [2.24, 2.45) is 16.8 Å². The predicted octanol–water partition coefficient (Wildman–Crippen LogP) is 2.11. The van der Waals surface area contributed by atoms with E-state index in [0.717, 1.165) is 25.7 Å². The second kappa shape index (κ2) is 4.44. The van der Waals surface area contributed by atoms with Gasteiger partial charge in [0, 0.05) is 18.0 Å². The lowest BCUT2D eigenvalue weighted by Crippen LogP contribution is -2.21. The van der Waals surface area contributed by atoms with E-state index >= 15 is 0 Å². The minimum atomic E-state index is -0.117. The van der Waals surface area contributed by atoms with Crippen molar-refractivity contribution in [2.45, 2.75) is 25.7 Å². The molecule has 0 radical (unpaired) electrons. The molecule has 0 N–H and O–H groups in total. The molecule has 2 atom stereocenters. The van der Waals surface area contributed by atoms with E-state index in [0.29, 0.717) is 5.82 Å². The van der Waals surface area contributed by atoms with Crippen LogP contribution in [0, 0.1) is 11.8 Å². The summed E-state index contributed by atoms with van der Waals surface area (Å²) in [5, 5.41) is 0. The number of aliphatic imine (C=N–C) groups is 1.